The first kappa shape index (κ1) is 15.8. The number of amides is 2. The van der Waals surface area contributed by atoms with E-state index in [2.05, 4.69) is 10.3 Å². The van der Waals surface area contributed by atoms with Crippen LogP contribution >= 0.6 is 0 Å². The minimum Gasteiger partial charge on any atom is -0.456 e. The number of unbranched alkanes of at least 4 members (excludes halogenated alkanes) is 2. The maximum atomic E-state index is 11.6. The topological polar surface area (TPSA) is 107 Å². The number of hydrogen-bond acceptors (Lipinski definition) is 5. The zero-order valence-corrected chi connectivity index (χ0v) is 12.2. The van der Waals surface area contributed by atoms with Crippen LogP contribution in [0.3, 0.4) is 0 Å². The first-order valence-electron chi connectivity index (χ1n) is 7.18. The van der Waals surface area contributed by atoms with Crippen molar-refractivity contribution in [3.8, 4) is 0 Å². The van der Waals surface area contributed by atoms with Crippen LogP contribution in [0.2, 0.25) is 0 Å². The van der Waals surface area contributed by atoms with E-state index in [1.165, 1.54) is 0 Å². The van der Waals surface area contributed by atoms with Crippen molar-refractivity contribution in [1.82, 2.24) is 10.3 Å². The zero-order chi connectivity index (χ0) is 15.8. The highest BCUT2D eigenvalue weighted by atomic mass is 16.5. The van der Waals surface area contributed by atoms with Gasteiger partial charge in [0.2, 0.25) is 5.89 Å². The van der Waals surface area contributed by atoms with Gasteiger partial charge in [-0.25, -0.2) is 9.78 Å². The summed E-state index contributed by atoms with van der Waals surface area (Å²) < 4.78 is 10.6. The number of para-hydroxylation sites is 2. The number of oxazole rings is 1. The van der Waals surface area contributed by atoms with Crippen molar-refractivity contribution >= 4 is 23.1 Å². The van der Waals surface area contributed by atoms with Crippen LogP contribution in [0.15, 0.2) is 28.7 Å². The summed E-state index contributed by atoms with van der Waals surface area (Å²) in [7, 11) is 0. The van der Waals surface area contributed by atoms with Crippen molar-refractivity contribution in [2.24, 2.45) is 5.73 Å². The van der Waals surface area contributed by atoms with Crippen LogP contribution in [0.4, 0.5) is 4.79 Å². The summed E-state index contributed by atoms with van der Waals surface area (Å²) in [6.07, 6.45) is 2.63. The van der Waals surface area contributed by atoms with Crippen LogP contribution < -0.4 is 11.1 Å². The van der Waals surface area contributed by atoms with Crippen LogP contribution in [-0.4, -0.2) is 23.5 Å². The maximum Gasteiger partial charge on any atom is 0.312 e. The number of carbonyl (C=O) groups excluding carboxylic acids is 2. The summed E-state index contributed by atoms with van der Waals surface area (Å²) >= 11 is 0. The Morgan fingerprint density at radius 2 is 2.05 bits per heavy atom. The van der Waals surface area contributed by atoms with Gasteiger partial charge in [-0.15, -0.1) is 0 Å². The molecule has 3 N–H and O–H groups in total. The van der Waals surface area contributed by atoms with Crippen LogP contribution in [0.25, 0.3) is 11.1 Å². The Balaban J connectivity index is 1.62. The number of urea groups is 1. The van der Waals surface area contributed by atoms with E-state index in [1.54, 1.807) is 0 Å². The van der Waals surface area contributed by atoms with Crippen molar-refractivity contribution < 1.29 is 18.7 Å². The molecule has 2 amide bonds. The highest BCUT2D eigenvalue weighted by molar-refractivity contribution is 5.72. The Kier molecular flexibility index (Phi) is 5.76. The fraction of sp³-hybridized carbons (Fsp3) is 0.400. The monoisotopic (exact) mass is 305 g/mol. The standard InChI is InChI=1S/C15H19N3O4/c16-15(20)17-9-5-1-2-8-14(19)21-10-13-18-11-6-3-4-7-12(11)22-13/h3-4,6-7H,1-2,5,8-10H2,(H3,16,17,20). The molecule has 0 spiro atoms. The second kappa shape index (κ2) is 8.02. The highest BCUT2D eigenvalue weighted by Gasteiger charge is 2.08. The smallest absolute Gasteiger partial charge is 0.312 e. The maximum absolute atomic E-state index is 11.6. The third-order valence-electron chi connectivity index (χ3n) is 3.05. The SMILES string of the molecule is NC(=O)NCCCCCC(=O)OCc1nc2ccccc2o1. The zero-order valence-electron chi connectivity index (χ0n) is 12.2. The summed E-state index contributed by atoms with van der Waals surface area (Å²) in [5, 5.41) is 2.50. The van der Waals surface area contributed by atoms with Crippen LogP contribution in [0, 0.1) is 0 Å². The number of esters is 1. The van der Waals surface area contributed by atoms with E-state index in [0.717, 1.165) is 18.4 Å². The molecule has 0 saturated carbocycles. The molecule has 2 rings (SSSR count). The molecule has 0 saturated heterocycles. The van der Waals surface area contributed by atoms with Crippen LogP contribution in [0.1, 0.15) is 31.6 Å². The molecular formula is C15H19N3O4. The van der Waals surface area contributed by atoms with E-state index in [0.29, 0.717) is 30.9 Å². The number of fused-ring (bicyclic) bond motifs is 1. The number of hydrogen-bond donors (Lipinski definition) is 2. The lowest BCUT2D eigenvalue weighted by Crippen LogP contribution is -2.29. The van der Waals surface area contributed by atoms with E-state index >= 15 is 0 Å². The van der Waals surface area contributed by atoms with Gasteiger partial charge in [-0.05, 0) is 25.0 Å². The van der Waals surface area contributed by atoms with Crippen molar-refractivity contribution in [2.45, 2.75) is 32.3 Å². The Morgan fingerprint density at radius 1 is 1.23 bits per heavy atom. The van der Waals surface area contributed by atoms with Crippen LogP contribution in [0.5, 0.6) is 0 Å². The lowest BCUT2D eigenvalue weighted by molar-refractivity contribution is -0.145. The van der Waals surface area contributed by atoms with Gasteiger partial charge in [-0.3, -0.25) is 4.79 Å². The Hall–Kier alpha value is -2.57. The van der Waals surface area contributed by atoms with Gasteiger partial charge >= 0.3 is 12.0 Å². The van der Waals surface area contributed by atoms with Gasteiger partial charge in [-0.2, -0.15) is 0 Å². The second-order valence-electron chi connectivity index (χ2n) is 4.84. The van der Waals surface area contributed by atoms with Gasteiger partial charge in [0.15, 0.2) is 12.2 Å². The molecule has 2 aromatic rings. The average molecular weight is 305 g/mol. The number of aromatic nitrogens is 1. The summed E-state index contributed by atoms with van der Waals surface area (Å²) in [6, 6.07) is 6.85. The van der Waals surface area contributed by atoms with Crippen molar-refractivity contribution in [2.75, 3.05) is 6.54 Å². The molecule has 1 aromatic carbocycles. The van der Waals surface area contributed by atoms with Gasteiger partial charge in [0, 0.05) is 13.0 Å². The number of nitrogens with zero attached hydrogens (tertiary/aromatic N) is 1. The van der Waals surface area contributed by atoms with Crippen molar-refractivity contribution in [3.05, 3.63) is 30.2 Å². The highest BCUT2D eigenvalue weighted by Crippen LogP contribution is 2.15. The summed E-state index contributed by atoms with van der Waals surface area (Å²) in [5.41, 5.74) is 6.36. The lowest BCUT2D eigenvalue weighted by Gasteiger charge is -2.03. The molecule has 0 radical (unpaired) electrons. The lowest BCUT2D eigenvalue weighted by atomic mass is 10.2. The van der Waals surface area contributed by atoms with Gasteiger partial charge in [0.05, 0.1) is 0 Å². The Labute approximate surface area is 127 Å². The summed E-state index contributed by atoms with van der Waals surface area (Å²) in [6.45, 7) is 0.560. The second-order valence-corrected chi connectivity index (χ2v) is 4.84. The molecule has 0 unspecified atom stereocenters. The normalized spacial score (nSPS) is 10.5. The molecule has 0 aliphatic rings. The third kappa shape index (κ3) is 5.08. The molecule has 1 aromatic heterocycles. The van der Waals surface area contributed by atoms with E-state index in [-0.39, 0.29) is 12.6 Å². The number of ether oxygens (including phenoxy) is 1. The fourth-order valence-electron chi connectivity index (χ4n) is 1.98. The first-order valence-corrected chi connectivity index (χ1v) is 7.18. The molecule has 0 atom stereocenters. The largest absolute Gasteiger partial charge is 0.456 e. The molecule has 0 aliphatic carbocycles. The molecule has 118 valence electrons. The predicted octanol–water partition coefficient (Wildman–Crippen LogP) is 2.10. The summed E-state index contributed by atoms with van der Waals surface area (Å²) in [5.74, 6) is 0.102. The van der Waals surface area contributed by atoms with Crippen LogP contribution in [-0.2, 0) is 16.1 Å². The van der Waals surface area contributed by atoms with Gasteiger partial charge in [-0.1, -0.05) is 18.6 Å². The minimum atomic E-state index is -0.530. The minimum absolute atomic E-state index is 0.0384. The molecule has 22 heavy (non-hydrogen) atoms. The molecular weight excluding hydrogens is 286 g/mol. The Bertz CT molecular complexity index is 606. The van der Waals surface area contributed by atoms with Crippen molar-refractivity contribution in [3.63, 3.8) is 0 Å². The molecule has 0 bridgehead atoms. The molecule has 1 heterocycles. The van der Waals surface area contributed by atoms with E-state index in [9.17, 15) is 9.59 Å². The number of benzene rings is 1. The fourth-order valence-corrected chi connectivity index (χ4v) is 1.98. The molecule has 0 fully saturated rings. The summed E-state index contributed by atoms with van der Waals surface area (Å²) in [4.78, 5) is 26.3. The number of rotatable bonds is 8. The predicted molar refractivity (Wildman–Crippen MR) is 79.9 cm³/mol. The Morgan fingerprint density at radius 3 is 2.82 bits per heavy atom. The van der Waals surface area contributed by atoms with Crippen molar-refractivity contribution in [1.29, 1.82) is 0 Å². The van der Waals surface area contributed by atoms with E-state index in [4.69, 9.17) is 14.9 Å². The van der Waals surface area contributed by atoms with Gasteiger partial charge in [0.1, 0.15) is 5.52 Å². The van der Waals surface area contributed by atoms with Gasteiger partial charge in [0.25, 0.3) is 0 Å². The quantitative estimate of drug-likeness (QED) is 0.573. The number of nitrogens with two attached hydrogens (primary N) is 1. The van der Waals surface area contributed by atoms with E-state index < -0.39 is 6.03 Å². The molecule has 0 aliphatic heterocycles. The number of carbonyl (C=O) groups is 2. The average Bonchev–Trinajstić information content (AvgIpc) is 2.91. The van der Waals surface area contributed by atoms with E-state index in [1.807, 2.05) is 24.3 Å². The molecule has 7 heteroatoms. The van der Waals surface area contributed by atoms with Gasteiger partial charge < -0.3 is 20.2 Å². The number of primary amides is 1. The first-order chi connectivity index (χ1) is 10.6. The number of nitrogens with one attached hydrogen (secondary N) is 1. The molecule has 7 nitrogen and oxygen atoms in total. The third-order valence-corrected chi connectivity index (χ3v) is 3.05.